The van der Waals surface area contributed by atoms with Gasteiger partial charge in [0.05, 0.1) is 32.3 Å². The van der Waals surface area contributed by atoms with Gasteiger partial charge in [0, 0.05) is 42.5 Å². The van der Waals surface area contributed by atoms with E-state index in [-0.39, 0.29) is 5.69 Å². The molecule has 0 amide bonds. The molecular weight excluding hydrogens is 459 g/mol. The topological polar surface area (TPSA) is 87.0 Å². The van der Waals surface area contributed by atoms with Crippen LogP contribution in [0.2, 0.25) is 0 Å². The van der Waals surface area contributed by atoms with Crippen LogP contribution in [0, 0.1) is 5.82 Å². The third kappa shape index (κ3) is 6.31. The summed E-state index contributed by atoms with van der Waals surface area (Å²) >= 11 is 0. The van der Waals surface area contributed by atoms with Gasteiger partial charge in [-0.1, -0.05) is 18.2 Å². The quantitative estimate of drug-likeness (QED) is 0.401. The van der Waals surface area contributed by atoms with Crippen LogP contribution in [0.3, 0.4) is 0 Å². The van der Waals surface area contributed by atoms with E-state index in [0.717, 1.165) is 30.6 Å². The lowest BCUT2D eigenvalue weighted by Crippen LogP contribution is -2.04. The third-order valence-corrected chi connectivity index (χ3v) is 5.69. The molecule has 0 saturated carbocycles. The summed E-state index contributed by atoms with van der Waals surface area (Å²) in [6.45, 7) is 2.31. The number of imidazole rings is 1. The Labute approximate surface area is 208 Å². The molecule has 0 spiro atoms. The van der Waals surface area contributed by atoms with Crippen molar-refractivity contribution in [3.8, 4) is 17.1 Å². The van der Waals surface area contributed by atoms with E-state index in [1.54, 1.807) is 24.5 Å². The first-order valence-electron chi connectivity index (χ1n) is 11.9. The SMILES string of the molecule is Fc1cnc2nc1-c1ccnc(c1)OCC/C=C/COCc1cc(CCCn3ccnc3)cc(c1)N2. The minimum atomic E-state index is -0.516. The van der Waals surface area contributed by atoms with Crippen LogP contribution in [-0.2, 0) is 24.3 Å². The van der Waals surface area contributed by atoms with Gasteiger partial charge in [0.15, 0.2) is 5.82 Å². The molecule has 0 saturated heterocycles. The number of hydrogen-bond acceptors (Lipinski definition) is 7. The number of halogens is 1. The highest BCUT2D eigenvalue weighted by Gasteiger charge is 2.12. The lowest BCUT2D eigenvalue weighted by atomic mass is 10.0. The van der Waals surface area contributed by atoms with Crippen molar-refractivity contribution in [2.45, 2.75) is 32.4 Å². The second-order valence-electron chi connectivity index (χ2n) is 8.46. The fourth-order valence-corrected chi connectivity index (χ4v) is 4.00. The maximum absolute atomic E-state index is 14.7. The zero-order valence-corrected chi connectivity index (χ0v) is 19.8. The Balaban J connectivity index is 1.43. The van der Waals surface area contributed by atoms with Crippen molar-refractivity contribution in [2.75, 3.05) is 18.5 Å². The van der Waals surface area contributed by atoms with Crippen LogP contribution < -0.4 is 10.1 Å². The number of anilines is 2. The maximum Gasteiger partial charge on any atom is 0.227 e. The Bertz CT molecular complexity index is 1330. The molecule has 0 aliphatic carbocycles. The fourth-order valence-electron chi connectivity index (χ4n) is 4.00. The summed E-state index contributed by atoms with van der Waals surface area (Å²) in [5.41, 5.74) is 3.78. The molecule has 4 aromatic rings. The molecule has 9 heteroatoms. The minimum absolute atomic E-state index is 0.181. The summed E-state index contributed by atoms with van der Waals surface area (Å²) < 4.78 is 28.3. The molecule has 0 radical (unpaired) electrons. The monoisotopic (exact) mass is 486 g/mol. The van der Waals surface area contributed by atoms with E-state index in [1.165, 1.54) is 11.8 Å². The molecule has 1 N–H and O–H groups in total. The van der Waals surface area contributed by atoms with Gasteiger partial charge in [0.1, 0.15) is 5.69 Å². The van der Waals surface area contributed by atoms with E-state index in [1.807, 2.05) is 30.7 Å². The van der Waals surface area contributed by atoms with Gasteiger partial charge in [0.2, 0.25) is 11.8 Å². The molecule has 3 aromatic heterocycles. The van der Waals surface area contributed by atoms with E-state index >= 15 is 0 Å². The van der Waals surface area contributed by atoms with E-state index < -0.39 is 5.82 Å². The molecule has 184 valence electrons. The molecule has 1 aromatic carbocycles. The van der Waals surface area contributed by atoms with Crippen molar-refractivity contribution < 1.29 is 13.9 Å². The van der Waals surface area contributed by atoms with Gasteiger partial charge in [-0.2, -0.15) is 0 Å². The number of pyridine rings is 1. The van der Waals surface area contributed by atoms with Gasteiger partial charge in [0.25, 0.3) is 0 Å². The first kappa shape index (κ1) is 23.6. The molecule has 6 bridgehead atoms. The zero-order valence-electron chi connectivity index (χ0n) is 19.8. The molecular formula is C27H27FN6O2. The maximum atomic E-state index is 14.7. The van der Waals surface area contributed by atoms with Crippen molar-refractivity contribution in [3.63, 3.8) is 0 Å². The summed E-state index contributed by atoms with van der Waals surface area (Å²) in [7, 11) is 0. The number of nitrogens with zero attached hydrogens (tertiary/aromatic N) is 5. The smallest absolute Gasteiger partial charge is 0.227 e. The second kappa shape index (κ2) is 11.5. The Morgan fingerprint density at radius 3 is 2.97 bits per heavy atom. The van der Waals surface area contributed by atoms with Gasteiger partial charge in [-0.15, -0.1) is 0 Å². The Kier molecular flexibility index (Phi) is 7.58. The van der Waals surface area contributed by atoms with Crippen molar-refractivity contribution in [2.24, 2.45) is 0 Å². The molecule has 1 aliphatic heterocycles. The molecule has 0 unspecified atom stereocenters. The standard InChI is InChI=1S/C27H27FN6O2/c28-24-17-31-27-32-23-14-20(5-4-9-34-10-8-29-19-34)13-21(15-23)18-35-11-2-1-3-12-36-25-16-22(6-7-30-25)26(24)33-27/h1-2,6-8,10,13-17,19H,3-5,9,11-12,18H2,(H,31,32,33)/b2-1+. The number of aromatic nitrogens is 5. The first-order chi connectivity index (χ1) is 17.7. The summed E-state index contributed by atoms with van der Waals surface area (Å²) in [5, 5.41) is 3.25. The average molecular weight is 487 g/mol. The summed E-state index contributed by atoms with van der Waals surface area (Å²) in [6.07, 6.45) is 14.9. The third-order valence-electron chi connectivity index (χ3n) is 5.69. The number of benzene rings is 1. The molecule has 5 rings (SSSR count). The predicted octanol–water partition coefficient (Wildman–Crippen LogP) is 5.11. The van der Waals surface area contributed by atoms with Gasteiger partial charge < -0.3 is 19.4 Å². The number of ether oxygens (including phenoxy) is 2. The minimum Gasteiger partial charge on any atom is -0.477 e. The van der Waals surface area contributed by atoms with Gasteiger partial charge >= 0.3 is 0 Å². The van der Waals surface area contributed by atoms with Crippen LogP contribution in [0.15, 0.2) is 73.6 Å². The lowest BCUT2D eigenvalue weighted by molar-refractivity contribution is 0.148. The number of nitrogens with one attached hydrogen (secondary N) is 1. The number of fused-ring (bicyclic) bond motifs is 7. The first-order valence-corrected chi connectivity index (χ1v) is 11.9. The van der Waals surface area contributed by atoms with E-state index in [4.69, 9.17) is 9.47 Å². The van der Waals surface area contributed by atoms with E-state index in [2.05, 4.69) is 42.0 Å². The van der Waals surface area contributed by atoms with Crippen LogP contribution >= 0.6 is 0 Å². The van der Waals surface area contributed by atoms with Crippen LogP contribution in [0.4, 0.5) is 16.0 Å². The molecule has 4 heterocycles. The van der Waals surface area contributed by atoms with Gasteiger partial charge in [-0.25, -0.2) is 24.3 Å². The van der Waals surface area contributed by atoms with Crippen molar-refractivity contribution in [3.05, 3.63) is 90.5 Å². The van der Waals surface area contributed by atoms with Gasteiger partial charge in [-0.05, 0) is 48.6 Å². The van der Waals surface area contributed by atoms with Crippen LogP contribution in [0.5, 0.6) is 5.88 Å². The highest BCUT2D eigenvalue weighted by molar-refractivity contribution is 5.63. The zero-order chi connectivity index (χ0) is 24.6. The highest BCUT2D eigenvalue weighted by Crippen LogP contribution is 2.26. The summed E-state index contributed by atoms with van der Waals surface area (Å²) in [6, 6.07) is 9.63. The van der Waals surface area contributed by atoms with E-state index in [9.17, 15) is 4.39 Å². The Hall–Kier alpha value is -4.11. The second-order valence-corrected chi connectivity index (χ2v) is 8.46. The Morgan fingerprint density at radius 2 is 2.06 bits per heavy atom. The fraction of sp³-hybridized carbons (Fsp3) is 0.259. The van der Waals surface area contributed by atoms with Crippen LogP contribution in [0.25, 0.3) is 11.3 Å². The van der Waals surface area contributed by atoms with Crippen molar-refractivity contribution >= 4 is 11.6 Å². The number of rotatable bonds is 4. The average Bonchev–Trinajstić information content (AvgIpc) is 3.40. The largest absolute Gasteiger partial charge is 0.477 e. The molecule has 1 aliphatic rings. The highest BCUT2D eigenvalue weighted by atomic mass is 19.1. The summed E-state index contributed by atoms with van der Waals surface area (Å²) in [4.78, 5) is 16.9. The number of hydrogen-bond donors (Lipinski definition) is 1. The van der Waals surface area contributed by atoms with Crippen LogP contribution in [-0.4, -0.2) is 37.7 Å². The molecule has 36 heavy (non-hydrogen) atoms. The molecule has 0 atom stereocenters. The van der Waals surface area contributed by atoms with Crippen molar-refractivity contribution in [1.82, 2.24) is 24.5 Å². The predicted molar refractivity (Wildman–Crippen MR) is 134 cm³/mol. The van der Waals surface area contributed by atoms with Crippen molar-refractivity contribution in [1.29, 1.82) is 0 Å². The van der Waals surface area contributed by atoms with Gasteiger partial charge in [-0.3, -0.25) is 0 Å². The molecule has 8 nitrogen and oxygen atoms in total. The van der Waals surface area contributed by atoms with Crippen LogP contribution in [0.1, 0.15) is 24.0 Å². The normalized spacial score (nSPS) is 14.7. The molecule has 0 fully saturated rings. The lowest BCUT2D eigenvalue weighted by Gasteiger charge is -2.13. The summed E-state index contributed by atoms with van der Waals surface area (Å²) in [5.74, 6) is 0.202. The van der Waals surface area contributed by atoms with E-state index in [0.29, 0.717) is 43.6 Å². The Morgan fingerprint density at radius 1 is 1.08 bits per heavy atom. The number of aryl methyl sites for hydroxylation is 2.